The van der Waals surface area contributed by atoms with Crippen LogP contribution in [0.4, 0.5) is 0 Å². The maximum atomic E-state index is 12.3. The Morgan fingerprint density at radius 2 is 2.00 bits per heavy atom. The second-order valence-electron chi connectivity index (χ2n) is 5.26. The van der Waals surface area contributed by atoms with Crippen molar-refractivity contribution < 1.29 is 9.53 Å². The summed E-state index contributed by atoms with van der Waals surface area (Å²) in [5.74, 6) is 1.19. The van der Waals surface area contributed by atoms with E-state index < -0.39 is 5.54 Å². The Labute approximate surface area is 108 Å². The largest absolute Gasteiger partial charge is 0.494 e. The summed E-state index contributed by atoms with van der Waals surface area (Å²) in [7, 11) is 0. The van der Waals surface area contributed by atoms with E-state index in [1.54, 1.807) is 12.1 Å². The number of nitrogens with two attached hydrogens (primary N) is 1. The summed E-state index contributed by atoms with van der Waals surface area (Å²) in [5.41, 5.74) is 6.10. The lowest BCUT2D eigenvalue weighted by atomic mass is 9.87. The van der Waals surface area contributed by atoms with Crippen LogP contribution < -0.4 is 10.5 Å². The van der Waals surface area contributed by atoms with E-state index in [2.05, 4.69) is 6.92 Å². The summed E-state index contributed by atoms with van der Waals surface area (Å²) in [4.78, 5) is 12.3. The van der Waals surface area contributed by atoms with Gasteiger partial charge in [-0.3, -0.25) is 4.79 Å². The van der Waals surface area contributed by atoms with Gasteiger partial charge in [0, 0.05) is 5.56 Å². The standard InChI is InChI=1S/C15H21NO2/c1-3-10-18-13-8-4-11(5-9-13)14(17)15(2,16)12-6-7-12/h4-5,8-9,12H,3,6-7,10,16H2,1-2H3. The lowest BCUT2D eigenvalue weighted by Crippen LogP contribution is -2.47. The first kappa shape index (κ1) is 13.1. The first-order valence-corrected chi connectivity index (χ1v) is 6.62. The third-order valence-electron chi connectivity index (χ3n) is 3.50. The molecule has 2 N–H and O–H groups in total. The van der Waals surface area contributed by atoms with Crippen molar-refractivity contribution in [1.29, 1.82) is 0 Å². The number of hydrogen-bond acceptors (Lipinski definition) is 3. The summed E-state index contributed by atoms with van der Waals surface area (Å²) in [6.07, 6.45) is 3.11. The van der Waals surface area contributed by atoms with Gasteiger partial charge in [0.05, 0.1) is 12.1 Å². The summed E-state index contributed by atoms with van der Waals surface area (Å²) in [6, 6.07) is 7.29. The molecule has 1 saturated carbocycles. The summed E-state index contributed by atoms with van der Waals surface area (Å²) in [5, 5.41) is 0. The average Bonchev–Trinajstić information content (AvgIpc) is 3.20. The van der Waals surface area contributed by atoms with Gasteiger partial charge >= 0.3 is 0 Å². The van der Waals surface area contributed by atoms with Crippen LogP contribution in [0.1, 0.15) is 43.5 Å². The zero-order valence-electron chi connectivity index (χ0n) is 11.1. The predicted molar refractivity (Wildman–Crippen MR) is 71.9 cm³/mol. The lowest BCUT2D eigenvalue weighted by molar-refractivity contribution is 0.0883. The molecule has 1 aliphatic carbocycles. The normalized spacial score (nSPS) is 18.2. The Hall–Kier alpha value is -1.35. The number of hydrogen-bond donors (Lipinski definition) is 1. The van der Waals surface area contributed by atoms with E-state index in [4.69, 9.17) is 10.5 Å². The van der Waals surface area contributed by atoms with E-state index in [9.17, 15) is 4.79 Å². The fourth-order valence-electron chi connectivity index (χ4n) is 2.10. The van der Waals surface area contributed by atoms with Crippen LogP contribution in [0, 0.1) is 5.92 Å². The SMILES string of the molecule is CCCOc1ccc(C(=O)C(C)(N)C2CC2)cc1. The van der Waals surface area contributed by atoms with Gasteiger partial charge < -0.3 is 10.5 Å². The van der Waals surface area contributed by atoms with Crippen molar-refractivity contribution in [2.45, 2.75) is 38.6 Å². The topological polar surface area (TPSA) is 52.3 Å². The molecule has 0 radical (unpaired) electrons. The highest BCUT2D eigenvalue weighted by Crippen LogP contribution is 2.39. The van der Waals surface area contributed by atoms with Crippen molar-refractivity contribution in [3.8, 4) is 5.75 Å². The zero-order chi connectivity index (χ0) is 13.2. The molecular weight excluding hydrogens is 226 g/mol. The van der Waals surface area contributed by atoms with Crippen LogP contribution in [0.15, 0.2) is 24.3 Å². The quantitative estimate of drug-likeness (QED) is 0.786. The molecule has 98 valence electrons. The Morgan fingerprint density at radius 3 is 2.50 bits per heavy atom. The number of benzene rings is 1. The third-order valence-corrected chi connectivity index (χ3v) is 3.50. The first-order valence-electron chi connectivity index (χ1n) is 6.62. The summed E-state index contributed by atoms with van der Waals surface area (Å²) < 4.78 is 5.49. The number of carbonyl (C=O) groups excluding carboxylic acids is 1. The van der Waals surface area contributed by atoms with Crippen molar-refractivity contribution in [2.24, 2.45) is 11.7 Å². The molecule has 0 bridgehead atoms. The second-order valence-corrected chi connectivity index (χ2v) is 5.26. The van der Waals surface area contributed by atoms with Crippen LogP contribution in [0.3, 0.4) is 0 Å². The third kappa shape index (κ3) is 2.72. The number of rotatable bonds is 6. The zero-order valence-corrected chi connectivity index (χ0v) is 11.1. The second kappa shape index (κ2) is 5.11. The van der Waals surface area contributed by atoms with Gasteiger partial charge in [0.2, 0.25) is 0 Å². The minimum Gasteiger partial charge on any atom is -0.494 e. The molecule has 1 unspecified atom stereocenters. The van der Waals surface area contributed by atoms with Gasteiger partial charge in [-0.25, -0.2) is 0 Å². The molecule has 0 saturated heterocycles. The number of ether oxygens (including phenoxy) is 1. The minimum absolute atomic E-state index is 0.0343. The maximum Gasteiger partial charge on any atom is 0.182 e. The lowest BCUT2D eigenvalue weighted by Gasteiger charge is -2.22. The molecule has 0 amide bonds. The molecule has 3 nitrogen and oxygen atoms in total. The van der Waals surface area contributed by atoms with Gasteiger partial charge in [0.25, 0.3) is 0 Å². The summed E-state index contributed by atoms with van der Waals surface area (Å²) in [6.45, 7) is 4.60. The van der Waals surface area contributed by atoms with Crippen LogP contribution in [0.5, 0.6) is 5.75 Å². The molecule has 0 heterocycles. The molecule has 18 heavy (non-hydrogen) atoms. The van der Waals surface area contributed by atoms with Crippen LogP contribution in [0.25, 0.3) is 0 Å². The van der Waals surface area contributed by atoms with Gasteiger partial charge in [-0.15, -0.1) is 0 Å². The van der Waals surface area contributed by atoms with Crippen molar-refractivity contribution in [1.82, 2.24) is 0 Å². The van der Waals surface area contributed by atoms with E-state index >= 15 is 0 Å². The van der Waals surface area contributed by atoms with Crippen molar-refractivity contribution in [2.75, 3.05) is 6.61 Å². The molecular formula is C15H21NO2. The van der Waals surface area contributed by atoms with Crippen LogP contribution >= 0.6 is 0 Å². The molecule has 0 aromatic heterocycles. The van der Waals surface area contributed by atoms with Crippen LogP contribution in [-0.4, -0.2) is 17.9 Å². The van der Waals surface area contributed by atoms with Gasteiger partial charge in [0.1, 0.15) is 5.75 Å². The molecule has 0 aliphatic heterocycles. The van der Waals surface area contributed by atoms with E-state index in [0.29, 0.717) is 18.1 Å². The summed E-state index contributed by atoms with van der Waals surface area (Å²) >= 11 is 0. The molecule has 1 aliphatic rings. The minimum atomic E-state index is -0.716. The smallest absolute Gasteiger partial charge is 0.182 e. The molecule has 3 heteroatoms. The molecule has 1 aromatic carbocycles. The fraction of sp³-hybridized carbons (Fsp3) is 0.533. The van der Waals surface area contributed by atoms with E-state index in [1.165, 1.54) is 0 Å². The van der Waals surface area contributed by atoms with E-state index in [1.807, 2.05) is 19.1 Å². The number of ketones is 1. The molecule has 0 spiro atoms. The highest BCUT2D eigenvalue weighted by atomic mass is 16.5. The van der Waals surface area contributed by atoms with Gasteiger partial charge in [-0.2, -0.15) is 0 Å². The highest BCUT2D eigenvalue weighted by molar-refractivity contribution is 6.03. The number of Topliss-reactive ketones (excluding diaryl/α,β-unsaturated/α-hetero) is 1. The first-order chi connectivity index (χ1) is 8.55. The van der Waals surface area contributed by atoms with E-state index in [-0.39, 0.29) is 5.78 Å². The molecule has 1 fully saturated rings. The Kier molecular flexibility index (Phi) is 3.71. The van der Waals surface area contributed by atoms with Crippen molar-refractivity contribution in [3.63, 3.8) is 0 Å². The Bertz CT molecular complexity index is 419. The Balaban J connectivity index is 2.06. The molecule has 1 atom stereocenters. The molecule has 1 aromatic rings. The number of carbonyl (C=O) groups is 1. The van der Waals surface area contributed by atoms with Crippen molar-refractivity contribution >= 4 is 5.78 Å². The fourth-order valence-corrected chi connectivity index (χ4v) is 2.10. The molecule has 2 rings (SSSR count). The van der Waals surface area contributed by atoms with Crippen LogP contribution in [0.2, 0.25) is 0 Å². The highest BCUT2D eigenvalue weighted by Gasteiger charge is 2.44. The van der Waals surface area contributed by atoms with E-state index in [0.717, 1.165) is 25.0 Å². The van der Waals surface area contributed by atoms with Gasteiger partial charge in [-0.05, 0) is 56.4 Å². The predicted octanol–water partition coefficient (Wildman–Crippen LogP) is 2.79. The average molecular weight is 247 g/mol. The van der Waals surface area contributed by atoms with Crippen LogP contribution in [-0.2, 0) is 0 Å². The van der Waals surface area contributed by atoms with Gasteiger partial charge in [0.15, 0.2) is 5.78 Å². The monoisotopic (exact) mass is 247 g/mol. The van der Waals surface area contributed by atoms with Gasteiger partial charge in [-0.1, -0.05) is 6.92 Å². The Morgan fingerprint density at radius 1 is 1.39 bits per heavy atom. The van der Waals surface area contributed by atoms with Crippen molar-refractivity contribution in [3.05, 3.63) is 29.8 Å². The maximum absolute atomic E-state index is 12.3.